The lowest BCUT2D eigenvalue weighted by atomic mass is 10.3. The molecule has 1 saturated heterocycles. The second kappa shape index (κ2) is 6.01. The van der Waals surface area contributed by atoms with Crippen molar-refractivity contribution in [1.29, 1.82) is 0 Å². The quantitative estimate of drug-likeness (QED) is 0.826. The van der Waals surface area contributed by atoms with E-state index in [0.717, 1.165) is 0 Å². The van der Waals surface area contributed by atoms with Crippen molar-refractivity contribution in [2.24, 2.45) is 0 Å². The first kappa shape index (κ1) is 15.8. The molecule has 1 aromatic rings. The van der Waals surface area contributed by atoms with Crippen LogP contribution in [0.1, 0.15) is 13.8 Å². The van der Waals surface area contributed by atoms with Crippen molar-refractivity contribution >= 4 is 26.0 Å². The van der Waals surface area contributed by atoms with Crippen LogP contribution in [0.25, 0.3) is 0 Å². The summed E-state index contributed by atoms with van der Waals surface area (Å²) in [4.78, 5) is 0.256. The average Bonchev–Trinajstić information content (AvgIpc) is 2.37. The van der Waals surface area contributed by atoms with Gasteiger partial charge in [-0.15, -0.1) is 0 Å². The second-order valence-electron chi connectivity index (χ2n) is 4.88. The highest BCUT2D eigenvalue weighted by Crippen LogP contribution is 2.29. The minimum Gasteiger partial charge on any atom is -0.496 e. The summed E-state index contributed by atoms with van der Waals surface area (Å²) < 4.78 is 38.1. The van der Waals surface area contributed by atoms with Gasteiger partial charge in [-0.3, -0.25) is 0 Å². The molecule has 20 heavy (non-hydrogen) atoms. The zero-order valence-corrected chi connectivity index (χ0v) is 14.1. The molecule has 0 unspecified atom stereocenters. The number of rotatable bonds is 3. The first-order chi connectivity index (χ1) is 9.34. The topological polar surface area (TPSA) is 55.8 Å². The Morgan fingerprint density at radius 3 is 2.40 bits per heavy atom. The van der Waals surface area contributed by atoms with Crippen molar-refractivity contribution in [1.82, 2.24) is 4.31 Å². The van der Waals surface area contributed by atoms with Crippen LogP contribution < -0.4 is 4.74 Å². The summed E-state index contributed by atoms with van der Waals surface area (Å²) in [6.07, 6.45) is -0.203. The van der Waals surface area contributed by atoms with Crippen LogP contribution >= 0.6 is 15.9 Å². The van der Waals surface area contributed by atoms with E-state index >= 15 is 0 Å². The summed E-state index contributed by atoms with van der Waals surface area (Å²) in [7, 11) is -1.97. The van der Waals surface area contributed by atoms with Gasteiger partial charge in [-0.2, -0.15) is 4.31 Å². The molecule has 0 N–H and O–H groups in total. The smallest absolute Gasteiger partial charge is 0.243 e. The molecular formula is C13H18BrNO4S. The van der Waals surface area contributed by atoms with Gasteiger partial charge in [-0.25, -0.2) is 8.42 Å². The fraction of sp³-hybridized carbons (Fsp3) is 0.538. The molecule has 0 radical (unpaired) electrons. The lowest BCUT2D eigenvalue weighted by molar-refractivity contribution is -0.0440. The number of methoxy groups -OCH3 is 1. The summed E-state index contributed by atoms with van der Waals surface area (Å²) in [5.41, 5.74) is 0. The maximum absolute atomic E-state index is 12.6. The van der Waals surface area contributed by atoms with E-state index in [2.05, 4.69) is 15.9 Å². The van der Waals surface area contributed by atoms with E-state index in [1.54, 1.807) is 25.3 Å². The lowest BCUT2D eigenvalue weighted by Crippen LogP contribution is -2.48. The van der Waals surface area contributed by atoms with Crippen LogP contribution in [-0.4, -0.2) is 45.1 Å². The molecule has 1 aliphatic rings. The van der Waals surface area contributed by atoms with Crippen LogP contribution in [0.5, 0.6) is 5.75 Å². The van der Waals surface area contributed by atoms with E-state index in [9.17, 15) is 8.42 Å². The fourth-order valence-corrected chi connectivity index (χ4v) is 4.59. The van der Waals surface area contributed by atoms with Crippen LogP contribution in [-0.2, 0) is 14.8 Å². The number of benzene rings is 1. The van der Waals surface area contributed by atoms with E-state index in [1.807, 2.05) is 13.8 Å². The van der Waals surface area contributed by atoms with E-state index in [1.165, 1.54) is 4.31 Å². The van der Waals surface area contributed by atoms with Crippen molar-refractivity contribution in [3.63, 3.8) is 0 Å². The summed E-state index contributed by atoms with van der Waals surface area (Å²) in [5, 5.41) is 0. The molecule has 7 heteroatoms. The second-order valence-corrected chi connectivity index (χ2v) is 7.67. The zero-order valence-electron chi connectivity index (χ0n) is 11.7. The average molecular weight is 364 g/mol. The number of sulfonamides is 1. The molecule has 0 bridgehead atoms. The Labute approximate surface area is 128 Å². The highest BCUT2D eigenvalue weighted by Gasteiger charge is 2.32. The Bertz CT molecular complexity index is 580. The van der Waals surface area contributed by atoms with Crippen LogP contribution in [0.3, 0.4) is 0 Å². The molecule has 0 spiro atoms. The van der Waals surface area contributed by atoms with E-state index < -0.39 is 10.0 Å². The fourth-order valence-electron chi connectivity index (χ4n) is 2.28. The third kappa shape index (κ3) is 3.16. The molecule has 2 atom stereocenters. The zero-order chi connectivity index (χ0) is 14.9. The molecule has 1 aromatic carbocycles. The number of ether oxygens (including phenoxy) is 2. The Morgan fingerprint density at radius 2 is 1.90 bits per heavy atom. The molecule has 0 saturated carbocycles. The highest BCUT2D eigenvalue weighted by molar-refractivity contribution is 9.10. The lowest BCUT2D eigenvalue weighted by Gasteiger charge is -2.34. The first-order valence-corrected chi connectivity index (χ1v) is 8.57. The summed E-state index contributed by atoms with van der Waals surface area (Å²) in [6, 6.07) is 4.77. The molecular weight excluding hydrogens is 346 g/mol. The van der Waals surface area contributed by atoms with Crippen molar-refractivity contribution in [2.45, 2.75) is 31.0 Å². The van der Waals surface area contributed by atoms with Crippen molar-refractivity contribution in [2.75, 3.05) is 20.2 Å². The first-order valence-electron chi connectivity index (χ1n) is 6.33. The molecule has 1 heterocycles. The van der Waals surface area contributed by atoms with E-state index in [-0.39, 0.29) is 17.1 Å². The minimum atomic E-state index is -3.51. The number of morpholine rings is 1. The number of hydrogen-bond acceptors (Lipinski definition) is 4. The standard InChI is InChI=1S/C13H18BrNO4S/c1-9-7-15(8-10(2)19-9)20(16,17)11-4-5-13(18-3)12(14)6-11/h4-6,9-10H,7-8H2,1-3H3/t9-,10-/m0/s1. The summed E-state index contributed by atoms with van der Waals surface area (Å²) in [6.45, 7) is 4.50. The van der Waals surface area contributed by atoms with Gasteiger partial charge in [0, 0.05) is 13.1 Å². The molecule has 0 amide bonds. The van der Waals surface area contributed by atoms with Gasteiger partial charge >= 0.3 is 0 Å². The summed E-state index contributed by atoms with van der Waals surface area (Å²) in [5.74, 6) is 0.604. The Kier molecular flexibility index (Phi) is 4.73. The number of hydrogen-bond donors (Lipinski definition) is 0. The molecule has 0 aliphatic carbocycles. The van der Waals surface area contributed by atoms with Crippen LogP contribution in [0, 0.1) is 0 Å². The molecule has 1 aliphatic heterocycles. The van der Waals surface area contributed by atoms with E-state index in [4.69, 9.17) is 9.47 Å². The maximum Gasteiger partial charge on any atom is 0.243 e. The van der Waals surface area contributed by atoms with Crippen LogP contribution in [0.2, 0.25) is 0 Å². The van der Waals surface area contributed by atoms with Crippen molar-refractivity contribution in [3.05, 3.63) is 22.7 Å². The van der Waals surface area contributed by atoms with Gasteiger partial charge in [-0.1, -0.05) is 0 Å². The number of nitrogens with zero attached hydrogens (tertiary/aromatic N) is 1. The maximum atomic E-state index is 12.6. The predicted octanol–water partition coefficient (Wildman–Crippen LogP) is 2.26. The van der Waals surface area contributed by atoms with Gasteiger partial charge in [0.05, 0.1) is 28.7 Å². The molecule has 0 aromatic heterocycles. The van der Waals surface area contributed by atoms with Crippen molar-refractivity contribution in [3.8, 4) is 5.75 Å². The Balaban J connectivity index is 2.32. The Morgan fingerprint density at radius 1 is 1.30 bits per heavy atom. The predicted molar refractivity (Wildman–Crippen MR) is 79.5 cm³/mol. The third-order valence-electron chi connectivity index (χ3n) is 3.15. The molecule has 5 nitrogen and oxygen atoms in total. The molecule has 2 rings (SSSR count). The van der Waals surface area contributed by atoms with Gasteiger partial charge in [0.25, 0.3) is 0 Å². The van der Waals surface area contributed by atoms with Gasteiger partial charge in [-0.05, 0) is 48.0 Å². The van der Waals surface area contributed by atoms with Crippen molar-refractivity contribution < 1.29 is 17.9 Å². The van der Waals surface area contributed by atoms with Crippen LogP contribution in [0.4, 0.5) is 0 Å². The normalized spacial score (nSPS) is 24.6. The van der Waals surface area contributed by atoms with E-state index in [0.29, 0.717) is 23.3 Å². The monoisotopic (exact) mass is 363 g/mol. The SMILES string of the molecule is COc1ccc(S(=O)(=O)N2C[C@H](C)O[C@@H](C)C2)cc1Br. The summed E-state index contributed by atoms with van der Waals surface area (Å²) >= 11 is 3.31. The minimum absolute atomic E-state index is 0.102. The molecule has 112 valence electrons. The largest absolute Gasteiger partial charge is 0.496 e. The third-order valence-corrected chi connectivity index (χ3v) is 5.59. The molecule has 1 fully saturated rings. The van der Waals surface area contributed by atoms with Crippen LogP contribution in [0.15, 0.2) is 27.6 Å². The number of halogens is 1. The van der Waals surface area contributed by atoms with Gasteiger partial charge in [0.15, 0.2) is 0 Å². The highest BCUT2D eigenvalue weighted by atomic mass is 79.9. The van der Waals surface area contributed by atoms with Gasteiger partial charge < -0.3 is 9.47 Å². The van der Waals surface area contributed by atoms with Gasteiger partial charge in [0.1, 0.15) is 5.75 Å². The Hall–Kier alpha value is -0.630. The van der Waals surface area contributed by atoms with Gasteiger partial charge in [0.2, 0.25) is 10.0 Å².